The first-order chi connectivity index (χ1) is 12.7. The smallest absolute Gasteiger partial charge is 0.232 e. The molecule has 0 amide bonds. The minimum Gasteiger partial charge on any atom is -0.360 e. The van der Waals surface area contributed by atoms with Crippen molar-refractivity contribution in [3.8, 4) is 0 Å². The fraction of sp³-hybridized carbons (Fsp3) is 0.737. The van der Waals surface area contributed by atoms with Crippen LogP contribution in [0.3, 0.4) is 0 Å². The van der Waals surface area contributed by atoms with Gasteiger partial charge in [0, 0.05) is 38.3 Å². The maximum absolute atomic E-state index is 5.44. The van der Waals surface area contributed by atoms with Gasteiger partial charge in [-0.2, -0.15) is 9.97 Å². The SMILES string of the molecule is C[C@H]1CCCN(c2cc(N3CCCCC3)nc(NC(=S)NC3CC3)n2)C1. The van der Waals surface area contributed by atoms with E-state index >= 15 is 0 Å². The number of nitrogens with one attached hydrogen (secondary N) is 2. The minimum atomic E-state index is 0.530. The summed E-state index contributed by atoms with van der Waals surface area (Å²) in [4.78, 5) is 14.4. The predicted octanol–water partition coefficient (Wildman–Crippen LogP) is 3.15. The quantitative estimate of drug-likeness (QED) is 0.785. The molecule has 1 atom stereocenters. The Morgan fingerprint density at radius 2 is 1.69 bits per heavy atom. The zero-order valence-electron chi connectivity index (χ0n) is 15.7. The molecule has 2 N–H and O–H groups in total. The molecule has 3 heterocycles. The number of rotatable bonds is 4. The van der Waals surface area contributed by atoms with E-state index in [2.05, 4.69) is 33.4 Å². The molecular weight excluding hydrogens is 344 g/mol. The van der Waals surface area contributed by atoms with Crippen molar-refractivity contribution >= 4 is 34.9 Å². The van der Waals surface area contributed by atoms with E-state index in [0.717, 1.165) is 37.8 Å². The van der Waals surface area contributed by atoms with Gasteiger partial charge >= 0.3 is 0 Å². The molecule has 1 aromatic heterocycles. The largest absolute Gasteiger partial charge is 0.360 e. The summed E-state index contributed by atoms with van der Waals surface area (Å²) in [6.45, 7) is 6.63. The number of hydrogen-bond acceptors (Lipinski definition) is 5. The summed E-state index contributed by atoms with van der Waals surface area (Å²) >= 11 is 5.44. The highest BCUT2D eigenvalue weighted by molar-refractivity contribution is 7.80. The van der Waals surface area contributed by atoms with Crippen molar-refractivity contribution in [3.05, 3.63) is 6.07 Å². The molecule has 0 unspecified atom stereocenters. The van der Waals surface area contributed by atoms with E-state index < -0.39 is 0 Å². The van der Waals surface area contributed by atoms with Gasteiger partial charge in [0.25, 0.3) is 0 Å². The van der Waals surface area contributed by atoms with Crippen LogP contribution in [-0.2, 0) is 0 Å². The molecule has 4 rings (SSSR count). The zero-order valence-corrected chi connectivity index (χ0v) is 16.5. The third-order valence-electron chi connectivity index (χ3n) is 5.50. The Labute approximate surface area is 161 Å². The van der Waals surface area contributed by atoms with Crippen LogP contribution >= 0.6 is 12.2 Å². The second-order valence-corrected chi connectivity index (χ2v) is 8.43. The fourth-order valence-electron chi connectivity index (χ4n) is 3.87. The molecule has 3 aliphatic rings. The van der Waals surface area contributed by atoms with Crippen LogP contribution in [0.25, 0.3) is 0 Å². The summed E-state index contributed by atoms with van der Waals surface area (Å²) in [5.41, 5.74) is 0. The first-order valence-electron chi connectivity index (χ1n) is 10.1. The average Bonchev–Trinajstić information content (AvgIpc) is 3.46. The molecule has 3 fully saturated rings. The van der Waals surface area contributed by atoms with Crippen molar-refractivity contribution in [3.63, 3.8) is 0 Å². The Morgan fingerprint density at radius 3 is 2.38 bits per heavy atom. The molecule has 26 heavy (non-hydrogen) atoms. The van der Waals surface area contributed by atoms with Gasteiger partial charge in [-0.3, -0.25) is 0 Å². The third kappa shape index (κ3) is 4.55. The number of piperidine rings is 2. The summed E-state index contributed by atoms with van der Waals surface area (Å²) < 4.78 is 0. The highest BCUT2D eigenvalue weighted by Gasteiger charge is 2.24. The van der Waals surface area contributed by atoms with Gasteiger partial charge in [0.05, 0.1) is 0 Å². The van der Waals surface area contributed by atoms with Crippen LogP contribution in [0.15, 0.2) is 6.07 Å². The van der Waals surface area contributed by atoms with E-state index in [9.17, 15) is 0 Å². The maximum Gasteiger partial charge on any atom is 0.232 e. The van der Waals surface area contributed by atoms with Gasteiger partial charge in [0.15, 0.2) is 5.11 Å². The molecule has 2 saturated heterocycles. The van der Waals surface area contributed by atoms with E-state index in [-0.39, 0.29) is 0 Å². The van der Waals surface area contributed by atoms with Crippen LogP contribution in [0, 0.1) is 5.92 Å². The van der Waals surface area contributed by atoms with Crippen molar-refractivity contribution < 1.29 is 0 Å². The summed E-state index contributed by atoms with van der Waals surface area (Å²) in [6.07, 6.45) is 8.74. The Hall–Kier alpha value is -1.63. The van der Waals surface area contributed by atoms with E-state index in [1.54, 1.807) is 0 Å². The molecule has 0 aromatic carbocycles. The molecule has 0 bridgehead atoms. The van der Waals surface area contributed by atoms with Gasteiger partial charge in [-0.1, -0.05) is 6.92 Å². The summed E-state index contributed by atoms with van der Waals surface area (Å²) in [5, 5.41) is 7.19. The summed E-state index contributed by atoms with van der Waals surface area (Å²) in [7, 11) is 0. The Bertz CT molecular complexity index is 641. The number of thiocarbonyl (C=S) groups is 1. The lowest BCUT2D eigenvalue weighted by Crippen LogP contribution is -2.36. The van der Waals surface area contributed by atoms with Crippen LogP contribution in [0.1, 0.15) is 51.9 Å². The van der Waals surface area contributed by atoms with Gasteiger partial charge in [0.2, 0.25) is 5.95 Å². The van der Waals surface area contributed by atoms with Crippen molar-refractivity contribution in [2.24, 2.45) is 5.92 Å². The van der Waals surface area contributed by atoms with E-state index in [1.807, 2.05) is 0 Å². The summed E-state index contributed by atoms with van der Waals surface area (Å²) in [6, 6.07) is 2.70. The molecule has 0 radical (unpaired) electrons. The normalized spacial score (nSPS) is 23.7. The number of nitrogens with zero attached hydrogens (tertiary/aromatic N) is 4. The molecule has 1 aromatic rings. The topological polar surface area (TPSA) is 56.3 Å². The number of aromatic nitrogens is 2. The number of hydrogen-bond donors (Lipinski definition) is 2. The minimum absolute atomic E-state index is 0.530. The second-order valence-electron chi connectivity index (χ2n) is 8.02. The van der Waals surface area contributed by atoms with Gasteiger partial charge in [-0.25, -0.2) is 0 Å². The Kier molecular flexibility index (Phi) is 5.43. The van der Waals surface area contributed by atoms with Crippen molar-refractivity contribution in [1.82, 2.24) is 15.3 Å². The standard InChI is InChI=1S/C19H30N6S/c1-14-6-5-11-25(13-14)17-12-16(24-9-3-2-4-10-24)21-18(22-17)23-19(26)20-15-7-8-15/h12,14-15H,2-11,13H2,1H3,(H2,20,21,22,23,26)/t14-/m0/s1. The van der Waals surface area contributed by atoms with Crippen molar-refractivity contribution in [2.75, 3.05) is 41.3 Å². The highest BCUT2D eigenvalue weighted by atomic mass is 32.1. The molecule has 2 aliphatic heterocycles. The predicted molar refractivity (Wildman–Crippen MR) is 111 cm³/mol. The van der Waals surface area contributed by atoms with Crippen LogP contribution in [0.5, 0.6) is 0 Å². The van der Waals surface area contributed by atoms with Crippen LogP contribution in [-0.4, -0.2) is 47.3 Å². The van der Waals surface area contributed by atoms with Gasteiger partial charge in [-0.05, 0) is 63.1 Å². The first kappa shape index (κ1) is 17.8. The Morgan fingerprint density at radius 1 is 1.00 bits per heavy atom. The number of anilines is 3. The monoisotopic (exact) mass is 374 g/mol. The summed E-state index contributed by atoms with van der Waals surface area (Å²) in [5.74, 6) is 3.40. The van der Waals surface area contributed by atoms with Gasteiger partial charge in [-0.15, -0.1) is 0 Å². The molecule has 1 aliphatic carbocycles. The average molecular weight is 375 g/mol. The lowest BCUT2D eigenvalue weighted by Gasteiger charge is -2.33. The fourth-order valence-corrected chi connectivity index (χ4v) is 4.13. The Balaban J connectivity index is 1.56. The molecular formula is C19H30N6S. The molecule has 0 spiro atoms. The maximum atomic E-state index is 5.44. The van der Waals surface area contributed by atoms with Gasteiger partial charge in [0.1, 0.15) is 11.6 Å². The highest BCUT2D eigenvalue weighted by Crippen LogP contribution is 2.27. The third-order valence-corrected chi connectivity index (χ3v) is 5.72. The van der Waals surface area contributed by atoms with Crippen molar-refractivity contribution in [1.29, 1.82) is 0 Å². The molecule has 142 valence electrons. The molecule has 6 nitrogen and oxygen atoms in total. The molecule has 7 heteroatoms. The zero-order chi connectivity index (χ0) is 17.9. The van der Waals surface area contributed by atoms with E-state index in [0.29, 0.717) is 23.0 Å². The first-order valence-corrected chi connectivity index (χ1v) is 10.5. The van der Waals surface area contributed by atoms with E-state index in [4.69, 9.17) is 22.2 Å². The van der Waals surface area contributed by atoms with Crippen LogP contribution < -0.4 is 20.4 Å². The van der Waals surface area contributed by atoms with Crippen LogP contribution in [0.4, 0.5) is 17.6 Å². The van der Waals surface area contributed by atoms with Crippen molar-refractivity contribution in [2.45, 2.75) is 57.9 Å². The lowest BCUT2D eigenvalue weighted by molar-refractivity contribution is 0.444. The lowest BCUT2D eigenvalue weighted by atomic mass is 10.0. The van der Waals surface area contributed by atoms with Crippen LogP contribution in [0.2, 0.25) is 0 Å². The second kappa shape index (κ2) is 7.94. The van der Waals surface area contributed by atoms with Gasteiger partial charge < -0.3 is 20.4 Å². The molecule has 1 saturated carbocycles. The van der Waals surface area contributed by atoms with E-state index in [1.165, 1.54) is 44.9 Å².